The van der Waals surface area contributed by atoms with Crippen LogP contribution in [0.25, 0.3) is 0 Å². The number of aromatic nitrogens is 1. The standard InChI is InChI=1S/C9H15NS/c1-7(9(2,3)4)8-5-11-6-10-8/h5-7H,1-4H3/t7-/m1/s1. The van der Waals surface area contributed by atoms with E-state index in [0.29, 0.717) is 11.3 Å². The van der Waals surface area contributed by atoms with Crippen molar-refractivity contribution in [3.63, 3.8) is 0 Å². The fourth-order valence-electron chi connectivity index (χ4n) is 0.879. The van der Waals surface area contributed by atoms with Crippen molar-refractivity contribution in [3.05, 3.63) is 16.6 Å². The molecule has 62 valence electrons. The van der Waals surface area contributed by atoms with Gasteiger partial charge in [-0.25, -0.2) is 4.98 Å². The van der Waals surface area contributed by atoms with Crippen LogP contribution < -0.4 is 0 Å². The van der Waals surface area contributed by atoms with Crippen molar-refractivity contribution in [1.82, 2.24) is 4.98 Å². The highest BCUT2D eigenvalue weighted by atomic mass is 32.1. The van der Waals surface area contributed by atoms with E-state index in [4.69, 9.17) is 0 Å². The smallest absolute Gasteiger partial charge is 0.0794 e. The van der Waals surface area contributed by atoms with Gasteiger partial charge in [-0.05, 0) is 5.41 Å². The molecule has 0 aliphatic heterocycles. The van der Waals surface area contributed by atoms with Crippen LogP contribution in [-0.4, -0.2) is 4.98 Å². The van der Waals surface area contributed by atoms with Gasteiger partial charge in [0.15, 0.2) is 0 Å². The molecule has 0 aliphatic rings. The maximum Gasteiger partial charge on any atom is 0.0794 e. The summed E-state index contributed by atoms with van der Waals surface area (Å²) < 4.78 is 0. The Morgan fingerprint density at radius 2 is 2.09 bits per heavy atom. The second-order valence-electron chi connectivity index (χ2n) is 4.00. The van der Waals surface area contributed by atoms with Crippen LogP contribution in [0.3, 0.4) is 0 Å². The van der Waals surface area contributed by atoms with Crippen LogP contribution in [0.1, 0.15) is 39.3 Å². The molecule has 0 fully saturated rings. The average molecular weight is 169 g/mol. The third-order valence-corrected chi connectivity index (χ3v) is 2.80. The lowest BCUT2D eigenvalue weighted by molar-refractivity contribution is 0.335. The van der Waals surface area contributed by atoms with Crippen LogP contribution >= 0.6 is 11.3 Å². The lowest BCUT2D eigenvalue weighted by atomic mass is 9.80. The molecule has 1 nitrogen and oxygen atoms in total. The van der Waals surface area contributed by atoms with Crippen molar-refractivity contribution in [3.8, 4) is 0 Å². The predicted molar refractivity (Wildman–Crippen MR) is 50.0 cm³/mol. The molecule has 0 unspecified atom stereocenters. The number of thiazole rings is 1. The van der Waals surface area contributed by atoms with Crippen molar-refractivity contribution in [2.24, 2.45) is 5.41 Å². The van der Waals surface area contributed by atoms with Crippen molar-refractivity contribution in [1.29, 1.82) is 0 Å². The molecular formula is C9H15NS. The summed E-state index contributed by atoms with van der Waals surface area (Å²) in [5, 5.41) is 2.13. The summed E-state index contributed by atoms with van der Waals surface area (Å²) >= 11 is 1.67. The SMILES string of the molecule is C[C@H](c1cscn1)C(C)(C)C. The molecule has 0 aromatic carbocycles. The van der Waals surface area contributed by atoms with Crippen LogP contribution in [0.15, 0.2) is 10.9 Å². The van der Waals surface area contributed by atoms with Gasteiger partial charge >= 0.3 is 0 Å². The number of hydrogen-bond donors (Lipinski definition) is 0. The van der Waals surface area contributed by atoms with E-state index in [-0.39, 0.29) is 0 Å². The minimum Gasteiger partial charge on any atom is -0.249 e. The van der Waals surface area contributed by atoms with Crippen molar-refractivity contribution in [2.75, 3.05) is 0 Å². The molecule has 0 N–H and O–H groups in total. The Bertz CT molecular complexity index is 208. The van der Waals surface area contributed by atoms with E-state index >= 15 is 0 Å². The Morgan fingerprint density at radius 1 is 1.45 bits per heavy atom. The molecule has 0 spiro atoms. The summed E-state index contributed by atoms with van der Waals surface area (Å²) in [7, 11) is 0. The maximum atomic E-state index is 4.30. The highest BCUT2D eigenvalue weighted by Crippen LogP contribution is 2.33. The predicted octanol–water partition coefficient (Wildman–Crippen LogP) is 3.29. The van der Waals surface area contributed by atoms with E-state index < -0.39 is 0 Å². The molecule has 0 amide bonds. The average Bonchev–Trinajstić information content (AvgIpc) is 2.34. The summed E-state index contributed by atoms with van der Waals surface area (Å²) in [5.41, 5.74) is 3.45. The molecule has 1 aromatic heterocycles. The zero-order chi connectivity index (χ0) is 8.48. The largest absolute Gasteiger partial charge is 0.249 e. The van der Waals surface area contributed by atoms with Gasteiger partial charge in [-0.3, -0.25) is 0 Å². The highest BCUT2D eigenvalue weighted by Gasteiger charge is 2.22. The first-order chi connectivity index (χ1) is 5.02. The van der Waals surface area contributed by atoms with Crippen LogP contribution in [0.4, 0.5) is 0 Å². The maximum absolute atomic E-state index is 4.30. The van der Waals surface area contributed by atoms with Crippen LogP contribution in [0, 0.1) is 5.41 Å². The van der Waals surface area contributed by atoms with E-state index in [1.165, 1.54) is 5.69 Å². The molecule has 2 heteroatoms. The molecule has 0 radical (unpaired) electrons. The summed E-state index contributed by atoms with van der Waals surface area (Å²) in [4.78, 5) is 4.30. The van der Waals surface area contributed by atoms with Gasteiger partial charge in [0.25, 0.3) is 0 Å². The molecular weight excluding hydrogens is 154 g/mol. The van der Waals surface area contributed by atoms with E-state index in [1.807, 2.05) is 5.51 Å². The minimum atomic E-state index is 0.327. The molecule has 0 saturated heterocycles. The monoisotopic (exact) mass is 169 g/mol. The van der Waals surface area contributed by atoms with Gasteiger partial charge < -0.3 is 0 Å². The molecule has 11 heavy (non-hydrogen) atoms. The molecule has 1 heterocycles. The third-order valence-electron chi connectivity index (χ3n) is 2.19. The number of rotatable bonds is 1. The Balaban J connectivity index is 2.78. The van der Waals surface area contributed by atoms with Gasteiger partial charge in [0.2, 0.25) is 0 Å². The second-order valence-corrected chi connectivity index (χ2v) is 4.72. The second kappa shape index (κ2) is 2.94. The zero-order valence-corrected chi connectivity index (χ0v) is 8.40. The van der Waals surface area contributed by atoms with Gasteiger partial charge in [-0.1, -0.05) is 27.7 Å². The summed E-state index contributed by atoms with van der Waals surface area (Å²) in [6, 6.07) is 0. The number of nitrogens with zero attached hydrogens (tertiary/aromatic N) is 1. The molecule has 1 atom stereocenters. The topological polar surface area (TPSA) is 12.9 Å². The Morgan fingerprint density at radius 3 is 2.45 bits per heavy atom. The van der Waals surface area contributed by atoms with Crippen LogP contribution in [0.5, 0.6) is 0 Å². The molecule has 1 aromatic rings. The van der Waals surface area contributed by atoms with E-state index in [1.54, 1.807) is 11.3 Å². The number of hydrogen-bond acceptors (Lipinski definition) is 2. The first kappa shape index (κ1) is 8.72. The lowest BCUT2D eigenvalue weighted by Crippen LogP contribution is -2.15. The molecule has 0 saturated carbocycles. The Hall–Kier alpha value is -0.370. The zero-order valence-electron chi connectivity index (χ0n) is 7.59. The lowest BCUT2D eigenvalue weighted by Gasteiger charge is -2.25. The Labute approximate surface area is 72.5 Å². The van der Waals surface area contributed by atoms with Gasteiger partial charge in [0.1, 0.15) is 0 Å². The third kappa shape index (κ3) is 2.03. The first-order valence-electron chi connectivity index (χ1n) is 3.90. The first-order valence-corrected chi connectivity index (χ1v) is 4.84. The highest BCUT2D eigenvalue weighted by molar-refractivity contribution is 7.07. The van der Waals surface area contributed by atoms with Gasteiger partial charge in [0, 0.05) is 11.3 Å². The molecule has 0 bridgehead atoms. The van der Waals surface area contributed by atoms with Crippen LogP contribution in [-0.2, 0) is 0 Å². The van der Waals surface area contributed by atoms with Crippen molar-refractivity contribution in [2.45, 2.75) is 33.6 Å². The van der Waals surface area contributed by atoms with E-state index in [9.17, 15) is 0 Å². The van der Waals surface area contributed by atoms with Gasteiger partial charge in [0.05, 0.1) is 11.2 Å². The quantitative estimate of drug-likeness (QED) is 0.628. The summed E-state index contributed by atoms with van der Waals surface area (Å²) in [5.74, 6) is 0.550. The fraction of sp³-hybridized carbons (Fsp3) is 0.667. The normalized spacial score (nSPS) is 14.9. The fourth-order valence-corrected chi connectivity index (χ4v) is 1.53. The van der Waals surface area contributed by atoms with E-state index in [0.717, 1.165) is 0 Å². The van der Waals surface area contributed by atoms with Crippen LogP contribution in [0.2, 0.25) is 0 Å². The molecule has 1 rings (SSSR count). The van der Waals surface area contributed by atoms with E-state index in [2.05, 4.69) is 38.1 Å². The van der Waals surface area contributed by atoms with Crippen molar-refractivity contribution >= 4 is 11.3 Å². The van der Waals surface area contributed by atoms with Crippen molar-refractivity contribution < 1.29 is 0 Å². The minimum absolute atomic E-state index is 0.327. The van der Waals surface area contributed by atoms with Gasteiger partial charge in [-0.15, -0.1) is 11.3 Å². The molecule has 0 aliphatic carbocycles. The summed E-state index contributed by atoms with van der Waals surface area (Å²) in [6.45, 7) is 8.97. The van der Waals surface area contributed by atoms with Gasteiger partial charge in [-0.2, -0.15) is 0 Å². The summed E-state index contributed by atoms with van der Waals surface area (Å²) in [6.07, 6.45) is 0. The Kier molecular flexibility index (Phi) is 2.33.